The van der Waals surface area contributed by atoms with Crippen molar-refractivity contribution in [2.45, 2.75) is 13.5 Å². The van der Waals surface area contributed by atoms with Crippen LogP contribution in [0.5, 0.6) is 0 Å². The van der Waals surface area contributed by atoms with E-state index in [1.54, 1.807) is 0 Å². The number of hydrogen-bond donors (Lipinski definition) is 3. The van der Waals surface area contributed by atoms with Crippen molar-refractivity contribution in [3.8, 4) is 5.69 Å². The van der Waals surface area contributed by atoms with Gasteiger partial charge in [-0.2, -0.15) is 0 Å². The van der Waals surface area contributed by atoms with Crippen LogP contribution in [0.25, 0.3) is 16.6 Å². The van der Waals surface area contributed by atoms with E-state index in [9.17, 15) is 33.0 Å². The summed E-state index contributed by atoms with van der Waals surface area (Å²) in [5, 5.41) is 18.4. The molecule has 2 radical (unpaired) electrons. The maximum Gasteiger partial charge on any atom is 0.341 e. The molecule has 142 valence electrons. The molecule has 4 N–H and O–H groups in total. The second-order valence-electron chi connectivity index (χ2n) is 6.10. The van der Waals surface area contributed by atoms with E-state index in [0.717, 1.165) is 22.9 Å². The molecule has 6 nitrogen and oxygen atoms in total. The third-order valence-electron chi connectivity index (χ3n) is 4.45. The van der Waals surface area contributed by atoms with Crippen LogP contribution in [0.2, 0.25) is 0 Å². The highest BCUT2D eigenvalue weighted by Crippen LogP contribution is 2.28. The summed E-state index contributed by atoms with van der Waals surface area (Å²) in [6.07, 6.45) is 0.864. The van der Waals surface area contributed by atoms with Crippen LogP contribution < -0.4 is 16.6 Å². The number of nitrogens with two attached hydrogens (primary N) is 1. The molecule has 0 aliphatic carbocycles. The van der Waals surface area contributed by atoms with Crippen molar-refractivity contribution in [2.75, 3.05) is 5.73 Å². The van der Waals surface area contributed by atoms with Crippen molar-refractivity contribution in [1.29, 1.82) is 0 Å². The molecule has 3 aromatic rings. The van der Waals surface area contributed by atoms with Crippen LogP contribution in [-0.4, -0.2) is 28.6 Å². The summed E-state index contributed by atoms with van der Waals surface area (Å²) in [4.78, 5) is 24.1. The number of aryl methyl sites for hydroxylation is 1. The predicted octanol–water partition coefficient (Wildman–Crippen LogP) is 1.28. The van der Waals surface area contributed by atoms with E-state index in [4.69, 9.17) is 13.6 Å². The third kappa shape index (κ3) is 2.73. The van der Waals surface area contributed by atoms with Crippen LogP contribution in [0.4, 0.5) is 18.9 Å². The van der Waals surface area contributed by atoms with Crippen molar-refractivity contribution < 1.29 is 28.2 Å². The molecule has 0 aliphatic rings. The minimum Gasteiger partial charge on any atom is -0.477 e. The molecule has 0 unspecified atom stereocenters. The summed E-state index contributed by atoms with van der Waals surface area (Å²) in [5.74, 6) is -5.30. The second kappa shape index (κ2) is 6.72. The quantitative estimate of drug-likeness (QED) is 0.463. The highest BCUT2D eigenvalue weighted by Gasteiger charge is 2.24. The number of carboxylic acids is 1. The number of nitrogens with zero attached hydrogens (tertiary/aromatic N) is 1. The van der Waals surface area contributed by atoms with Gasteiger partial charge in [-0.1, -0.05) is 0 Å². The molecule has 10 heteroatoms. The third-order valence-corrected chi connectivity index (χ3v) is 4.45. The van der Waals surface area contributed by atoms with E-state index in [-0.39, 0.29) is 28.0 Å². The summed E-state index contributed by atoms with van der Waals surface area (Å²) in [7, 11) is 5.57. The van der Waals surface area contributed by atoms with Gasteiger partial charge in [-0.25, -0.2) is 18.0 Å². The molecular weight excluding hydrogens is 376 g/mol. The van der Waals surface area contributed by atoms with Crippen LogP contribution in [0, 0.1) is 24.4 Å². The minimum atomic E-state index is -1.64. The van der Waals surface area contributed by atoms with E-state index in [1.165, 1.54) is 6.92 Å². The molecule has 28 heavy (non-hydrogen) atoms. The highest BCUT2D eigenvalue weighted by molar-refractivity contribution is 6.39. The number of hydrogen-bond acceptors (Lipinski definition) is 4. The number of anilines is 1. The summed E-state index contributed by atoms with van der Waals surface area (Å²) >= 11 is 0. The fourth-order valence-electron chi connectivity index (χ4n) is 3.04. The molecule has 0 amide bonds. The van der Waals surface area contributed by atoms with Crippen molar-refractivity contribution >= 4 is 35.9 Å². The van der Waals surface area contributed by atoms with E-state index >= 15 is 0 Å². The van der Waals surface area contributed by atoms with Gasteiger partial charge in [-0.3, -0.25) is 4.79 Å². The van der Waals surface area contributed by atoms with Gasteiger partial charge in [0, 0.05) is 22.7 Å². The Bertz CT molecular complexity index is 1220. The number of benzene rings is 2. The number of carbonyl (C=O) groups is 1. The Hall–Kier alpha value is -3.27. The first-order valence-electron chi connectivity index (χ1n) is 7.84. The first-order chi connectivity index (χ1) is 13.1. The fourth-order valence-corrected chi connectivity index (χ4v) is 3.04. The number of rotatable bonds is 3. The number of pyridine rings is 1. The zero-order valence-corrected chi connectivity index (χ0v) is 14.4. The topological polar surface area (TPSA) is 106 Å². The highest BCUT2D eigenvalue weighted by atomic mass is 19.2. The van der Waals surface area contributed by atoms with Gasteiger partial charge >= 0.3 is 5.97 Å². The van der Waals surface area contributed by atoms with E-state index in [1.807, 2.05) is 0 Å². The van der Waals surface area contributed by atoms with Gasteiger partial charge < -0.3 is 20.5 Å². The Morgan fingerprint density at radius 1 is 1.25 bits per heavy atom. The lowest BCUT2D eigenvalue weighted by atomic mass is 9.87. The molecule has 1 heterocycles. The first kappa shape index (κ1) is 19.5. The Balaban J connectivity index is 2.65. The van der Waals surface area contributed by atoms with E-state index in [0.29, 0.717) is 0 Å². The van der Waals surface area contributed by atoms with Crippen LogP contribution >= 0.6 is 0 Å². The molecular formula is C18H12BF3N2O4. The molecule has 1 aromatic heterocycles. The molecule has 0 spiro atoms. The SMILES string of the molecule is [B]c1c(F)c(F)c(C)c2c1c(=O)c(C(=O)O)cn2-c1cc(N)c(F)cc1CO. The van der Waals surface area contributed by atoms with Gasteiger partial charge in [0.2, 0.25) is 5.43 Å². The lowest BCUT2D eigenvalue weighted by molar-refractivity contribution is 0.0695. The maximum atomic E-state index is 14.3. The Morgan fingerprint density at radius 2 is 1.89 bits per heavy atom. The van der Waals surface area contributed by atoms with Crippen molar-refractivity contribution in [2.24, 2.45) is 0 Å². The van der Waals surface area contributed by atoms with Gasteiger partial charge in [0.1, 0.15) is 19.2 Å². The lowest BCUT2D eigenvalue weighted by Gasteiger charge is -2.19. The maximum absolute atomic E-state index is 14.3. The van der Waals surface area contributed by atoms with Gasteiger partial charge in [0.15, 0.2) is 11.6 Å². The van der Waals surface area contributed by atoms with Gasteiger partial charge in [0.25, 0.3) is 0 Å². The van der Waals surface area contributed by atoms with Gasteiger partial charge in [0.05, 0.1) is 23.5 Å². The smallest absolute Gasteiger partial charge is 0.341 e. The first-order valence-corrected chi connectivity index (χ1v) is 7.84. The fraction of sp³-hybridized carbons (Fsp3) is 0.111. The van der Waals surface area contributed by atoms with E-state index < -0.39 is 51.9 Å². The number of halogens is 3. The standard InChI is InChI=1S/C18H12BF3N2O4/c1-6-14(21)15(22)13(19)12-16(6)24(4-8(17(12)26)18(27)28)11-3-10(23)9(20)2-7(11)5-25/h2-4,25H,5,23H2,1H3,(H,27,28). The summed E-state index contributed by atoms with van der Waals surface area (Å²) < 4.78 is 43.3. The normalized spacial score (nSPS) is 11.2. The predicted molar refractivity (Wildman–Crippen MR) is 96.8 cm³/mol. The van der Waals surface area contributed by atoms with Gasteiger partial charge in [-0.05, 0) is 24.5 Å². The van der Waals surface area contributed by atoms with Crippen LogP contribution in [0.1, 0.15) is 21.5 Å². The number of aliphatic hydroxyl groups excluding tert-OH is 1. The molecule has 3 rings (SSSR count). The number of aromatic nitrogens is 1. The Labute approximate surface area is 157 Å². The average Bonchev–Trinajstić information content (AvgIpc) is 2.65. The number of fused-ring (bicyclic) bond motifs is 1. The zero-order valence-electron chi connectivity index (χ0n) is 14.4. The summed E-state index contributed by atoms with van der Waals surface area (Å²) in [6.45, 7) is 0.489. The minimum absolute atomic E-state index is 0.0255. The molecule has 0 aliphatic heterocycles. The molecule has 0 atom stereocenters. The van der Waals surface area contributed by atoms with Crippen molar-refractivity contribution in [3.63, 3.8) is 0 Å². The molecule has 0 fully saturated rings. The average molecular weight is 388 g/mol. The molecule has 0 bridgehead atoms. The van der Waals surface area contributed by atoms with Crippen LogP contribution in [0.3, 0.4) is 0 Å². The number of aliphatic hydroxyl groups is 1. The Morgan fingerprint density at radius 3 is 2.46 bits per heavy atom. The van der Waals surface area contributed by atoms with E-state index in [2.05, 4.69) is 0 Å². The van der Waals surface area contributed by atoms with Crippen molar-refractivity contribution in [3.05, 3.63) is 62.7 Å². The molecule has 0 saturated heterocycles. The van der Waals surface area contributed by atoms with Crippen LogP contribution in [0.15, 0.2) is 23.1 Å². The zero-order chi connectivity index (χ0) is 20.9. The molecule has 2 aromatic carbocycles. The van der Waals surface area contributed by atoms with Crippen molar-refractivity contribution in [1.82, 2.24) is 4.57 Å². The summed E-state index contributed by atoms with van der Waals surface area (Å²) in [5.41, 5.74) is 1.85. The largest absolute Gasteiger partial charge is 0.477 e. The van der Waals surface area contributed by atoms with Crippen LogP contribution in [-0.2, 0) is 6.61 Å². The lowest BCUT2D eigenvalue weighted by Crippen LogP contribution is -2.27. The van der Waals surface area contributed by atoms with Gasteiger partial charge in [-0.15, -0.1) is 0 Å². The molecule has 0 saturated carbocycles. The Kier molecular flexibility index (Phi) is 4.68. The summed E-state index contributed by atoms with van der Waals surface area (Å²) in [6, 6.07) is 1.99. The monoisotopic (exact) mass is 388 g/mol. The number of aromatic carboxylic acids is 1. The number of nitrogen functional groups attached to an aromatic ring is 1. The second-order valence-corrected chi connectivity index (χ2v) is 6.10. The number of carboxylic acid groups (broad SMARTS) is 1.